The summed E-state index contributed by atoms with van der Waals surface area (Å²) < 4.78 is 84.4. The zero-order valence-electron chi connectivity index (χ0n) is 15.0. The highest BCUT2D eigenvalue weighted by Crippen LogP contribution is 2.30. The van der Waals surface area contributed by atoms with Crippen LogP contribution in [0.15, 0.2) is 56.8 Å². The highest BCUT2D eigenvalue weighted by molar-refractivity contribution is 7.90. The molecule has 154 valence electrons. The SMILES string of the molecule is Cc1cc(-n2c(-c3ccc(S(C)(=O)=O)c(F)c3)coc2=O)ccc1OC(F)(F)F. The Bertz CT molecular complexity index is 1240. The maximum atomic E-state index is 14.2. The van der Waals surface area contributed by atoms with Gasteiger partial charge in [-0.25, -0.2) is 22.2 Å². The van der Waals surface area contributed by atoms with Crippen LogP contribution in [0.3, 0.4) is 0 Å². The molecule has 11 heteroatoms. The van der Waals surface area contributed by atoms with E-state index in [9.17, 15) is 30.8 Å². The first-order valence-corrected chi connectivity index (χ1v) is 9.83. The first-order chi connectivity index (χ1) is 13.4. The number of aromatic nitrogens is 1. The molecule has 0 spiro atoms. The number of alkyl halides is 3. The van der Waals surface area contributed by atoms with Crippen molar-refractivity contribution in [2.45, 2.75) is 18.2 Å². The molecule has 6 nitrogen and oxygen atoms in total. The van der Waals surface area contributed by atoms with E-state index in [0.717, 1.165) is 35.3 Å². The van der Waals surface area contributed by atoms with Crippen molar-refractivity contribution >= 4 is 9.84 Å². The maximum Gasteiger partial charge on any atom is 0.573 e. The van der Waals surface area contributed by atoms with E-state index in [1.54, 1.807) is 0 Å². The van der Waals surface area contributed by atoms with Gasteiger partial charge >= 0.3 is 12.1 Å². The summed E-state index contributed by atoms with van der Waals surface area (Å²) in [4.78, 5) is 11.6. The van der Waals surface area contributed by atoms with E-state index in [4.69, 9.17) is 4.42 Å². The van der Waals surface area contributed by atoms with Crippen LogP contribution in [-0.2, 0) is 9.84 Å². The van der Waals surface area contributed by atoms with Crippen molar-refractivity contribution in [1.29, 1.82) is 0 Å². The number of sulfone groups is 1. The molecule has 0 saturated heterocycles. The summed E-state index contributed by atoms with van der Waals surface area (Å²) in [6.45, 7) is 1.36. The molecule has 0 aliphatic carbocycles. The normalized spacial score (nSPS) is 12.2. The molecule has 0 N–H and O–H groups in total. The molecule has 3 rings (SSSR count). The van der Waals surface area contributed by atoms with E-state index >= 15 is 0 Å². The Morgan fingerprint density at radius 1 is 1.10 bits per heavy atom. The number of rotatable bonds is 4. The number of aryl methyl sites for hydroxylation is 1. The fourth-order valence-corrected chi connectivity index (χ4v) is 3.45. The van der Waals surface area contributed by atoms with Gasteiger partial charge in [-0.2, -0.15) is 0 Å². The molecule has 2 aromatic carbocycles. The Kier molecular flexibility index (Phi) is 5.03. The van der Waals surface area contributed by atoms with Crippen LogP contribution < -0.4 is 10.5 Å². The second kappa shape index (κ2) is 7.07. The fourth-order valence-electron chi connectivity index (χ4n) is 2.72. The third-order valence-corrected chi connectivity index (χ3v) is 5.09. The summed E-state index contributed by atoms with van der Waals surface area (Å²) in [7, 11) is -3.79. The van der Waals surface area contributed by atoms with Gasteiger partial charge in [-0.1, -0.05) is 6.07 Å². The van der Waals surface area contributed by atoms with E-state index in [2.05, 4.69) is 4.74 Å². The molecule has 0 unspecified atom stereocenters. The molecule has 0 amide bonds. The predicted molar refractivity (Wildman–Crippen MR) is 94.2 cm³/mol. The second-order valence-electron chi connectivity index (χ2n) is 6.14. The lowest BCUT2D eigenvalue weighted by atomic mass is 10.1. The van der Waals surface area contributed by atoms with E-state index in [0.29, 0.717) is 0 Å². The summed E-state index contributed by atoms with van der Waals surface area (Å²) in [5, 5.41) is 0. The number of halogens is 4. The first kappa shape index (κ1) is 20.6. The molecule has 0 aliphatic heterocycles. The molecule has 0 radical (unpaired) electrons. The van der Waals surface area contributed by atoms with Crippen LogP contribution in [0.4, 0.5) is 17.6 Å². The Balaban J connectivity index is 2.09. The van der Waals surface area contributed by atoms with Crippen molar-refractivity contribution in [3.63, 3.8) is 0 Å². The number of hydrogen-bond acceptors (Lipinski definition) is 5. The Morgan fingerprint density at radius 2 is 1.79 bits per heavy atom. The number of ether oxygens (including phenoxy) is 1. The van der Waals surface area contributed by atoms with E-state index < -0.39 is 38.4 Å². The van der Waals surface area contributed by atoms with Gasteiger partial charge in [-0.3, -0.25) is 0 Å². The lowest BCUT2D eigenvalue weighted by Gasteiger charge is -2.13. The zero-order chi connectivity index (χ0) is 21.6. The lowest BCUT2D eigenvalue weighted by molar-refractivity contribution is -0.274. The van der Waals surface area contributed by atoms with Crippen LogP contribution in [0.1, 0.15) is 5.56 Å². The smallest absolute Gasteiger partial charge is 0.415 e. The molecule has 0 aliphatic rings. The van der Waals surface area contributed by atoms with Crippen molar-refractivity contribution in [2.24, 2.45) is 0 Å². The largest absolute Gasteiger partial charge is 0.573 e. The summed E-state index contributed by atoms with van der Waals surface area (Å²) in [6, 6.07) is 6.76. The van der Waals surface area contributed by atoms with Crippen LogP contribution in [0, 0.1) is 12.7 Å². The average Bonchev–Trinajstić information content (AvgIpc) is 2.96. The third-order valence-electron chi connectivity index (χ3n) is 3.96. The summed E-state index contributed by atoms with van der Waals surface area (Å²) in [5.41, 5.74) is 0.461. The Morgan fingerprint density at radius 3 is 2.34 bits per heavy atom. The minimum atomic E-state index is -4.87. The Hall–Kier alpha value is -3.08. The van der Waals surface area contributed by atoms with Crippen LogP contribution in [0.2, 0.25) is 0 Å². The van der Waals surface area contributed by atoms with E-state index in [1.807, 2.05) is 0 Å². The van der Waals surface area contributed by atoms with Crippen molar-refractivity contribution in [1.82, 2.24) is 4.57 Å². The minimum absolute atomic E-state index is 0.0813. The number of benzene rings is 2. The van der Waals surface area contributed by atoms with E-state index in [1.165, 1.54) is 25.1 Å². The van der Waals surface area contributed by atoms with Crippen molar-refractivity contribution in [3.8, 4) is 22.7 Å². The van der Waals surface area contributed by atoms with Gasteiger partial charge in [0.1, 0.15) is 22.7 Å². The van der Waals surface area contributed by atoms with Gasteiger partial charge in [0.15, 0.2) is 9.84 Å². The van der Waals surface area contributed by atoms with Gasteiger partial charge in [-0.05, 0) is 42.8 Å². The number of hydrogen-bond donors (Lipinski definition) is 0. The summed E-state index contributed by atoms with van der Waals surface area (Å²) >= 11 is 0. The van der Waals surface area contributed by atoms with Crippen LogP contribution in [0.5, 0.6) is 5.75 Å². The van der Waals surface area contributed by atoms with Gasteiger partial charge in [0, 0.05) is 11.8 Å². The highest BCUT2D eigenvalue weighted by Gasteiger charge is 2.31. The number of oxazole rings is 1. The van der Waals surface area contributed by atoms with Gasteiger partial charge < -0.3 is 9.15 Å². The molecule has 0 bridgehead atoms. The fraction of sp³-hybridized carbons (Fsp3) is 0.167. The second-order valence-corrected chi connectivity index (χ2v) is 8.12. The Labute approximate surface area is 161 Å². The summed E-state index contributed by atoms with van der Waals surface area (Å²) in [5.74, 6) is -2.32. The van der Waals surface area contributed by atoms with Gasteiger partial charge in [0.25, 0.3) is 0 Å². The zero-order valence-corrected chi connectivity index (χ0v) is 15.8. The molecule has 0 fully saturated rings. The molecule has 1 heterocycles. The first-order valence-electron chi connectivity index (χ1n) is 7.94. The predicted octanol–water partition coefficient (Wildman–Crippen LogP) is 3.85. The van der Waals surface area contributed by atoms with Crippen LogP contribution in [0.25, 0.3) is 16.9 Å². The summed E-state index contributed by atoms with van der Waals surface area (Å²) in [6.07, 6.45) is -2.98. The van der Waals surface area contributed by atoms with Gasteiger partial charge in [0.05, 0.1) is 11.4 Å². The lowest BCUT2D eigenvalue weighted by Crippen LogP contribution is -2.18. The van der Waals surface area contributed by atoms with Crippen molar-refractivity contribution in [3.05, 3.63) is 64.6 Å². The van der Waals surface area contributed by atoms with Gasteiger partial charge in [-0.15, -0.1) is 13.2 Å². The van der Waals surface area contributed by atoms with Gasteiger partial charge in [0.2, 0.25) is 0 Å². The standard InChI is InChI=1S/C18H13F4NO5S/c1-10-7-12(4-5-15(10)28-18(20,21)22)23-14(9-27-17(23)24)11-3-6-16(13(19)8-11)29(2,25)26/h3-9H,1-2H3. The van der Waals surface area contributed by atoms with Crippen molar-refractivity contribution in [2.75, 3.05) is 6.26 Å². The molecule has 29 heavy (non-hydrogen) atoms. The molecular formula is C18H13F4NO5S. The molecule has 1 aromatic heterocycles. The minimum Gasteiger partial charge on any atom is -0.415 e. The van der Waals surface area contributed by atoms with Crippen LogP contribution in [-0.4, -0.2) is 25.6 Å². The third kappa shape index (κ3) is 4.34. The highest BCUT2D eigenvalue weighted by atomic mass is 32.2. The average molecular weight is 431 g/mol. The number of nitrogens with zero attached hydrogens (tertiary/aromatic N) is 1. The topological polar surface area (TPSA) is 78.5 Å². The molecule has 0 saturated carbocycles. The van der Waals surface area contributed by atoms with Crippen molar-refractivity contribution < 1.29 is 35.1 Å². The monoisotopic (exact) mass is 431 g/mol. The maximum absolute atomic E-state index is 14.2. The molecule has 3 aromatic rings. The van der Waals surface area contributed by atoms with Crippen LogP contribution >= 0.6 is 0 Å². The molecule has 0 atom stereocenters. The molecular weight excluding hydrogens is 418 g/mol. The quantitative estimate of drug-likeness (QED) is 0.587. The van der Waals surface area contributed by atoms with E-state index in [-0.39, 0.29) is 22.5 Å².